The molecule has 7 aromatic carbocycles. The zero-order valence-electron chi connectivity index (χ0n) is 78.5. The molecule has 0 unspecified atom stereocenters. The second-order valence-corrected chi connectivity index (χ2v) is 38.8. The number of halogens is 4. The van der Waals surface area contributed by atoms with E-state index in [1.807, 2.05) is 121 Å². The van der Waals surface area contributed by atoms with Crippen molar-refractivity contribution >= 4 is 150 Å². The van der Waals surface area contributed by atoms with Gasteiger partial charge in [0.05, 0.1) is 103 Å². The van der Waals surface area contributed by atoms with Crippen LogP contribution in [0.25, 0.3) is 0 Å². The van der Waals surface area contributed by atoms with Crippen LogP contribution in [0, 0.1) is 0 Å². The van der Waals surface area contributed by atoms with Crippen LogP contribution in [0.5, 0.6) is 23.0 Å². The molecule has 11 aromatic rings. The zero-order chi connectivity index (χ0) is 97.3. The summed E-state index contributed by atoms with van der Waals surface area (Å²) in [6.07, 6.45) is 16.2. The molecule has 4 aromatic heterocycles. The third-order valence-electron chi connectivity index (χ3n) is 27.1. The normalized spacial score (nSPS) is 18.3. The van der Waals surface area contributed by atoms with E-state index in [1.54, 1.807) is 60.1 Å². The first-order valence-electron chi connectivity index (χ1n) is 48.0. The summed E-state index contributed by atoms with van der Waals surface area (Å²) in [6.45, 7) is 15.1. The maximum Gasteiger partial charge on any atom is 0.284 e. The summed E-state index contributed by atoms with van der Waals surface area (Å²) in [7, 11) is 1.66. The summed E-state index contributed by atoms with van der Waals surface area (Å²) in [5.41, 5.74) is 15.9. The van der Waals surface area contributed by atoms with Gasteiger partial charge in [-0.1, -0.05) is 182 Å². The fourth-order valence-corrected chi connectivity index (χ4v) is 22.0. The van der Waals surface area contributed by atoms with Gasteiger partial charge >= 0.3 is 0 Å². The molecule has 22 rings (SSSR count). The highest BCUT2D eigenvalue weighted by molar-refractivity contribution is 9.11. The number of nitrogens with one attached hydrogen (secondary N) is 2. The van der Waals surface area contributed by atoms with E-state index in [0.717, 1.165) is 120 Å². The lowest BCUT2D eigenvalue weighted by atomic mass is 9.96. The summed E-state index contributed by atoms with van der Waals surface area (Å²) in [6, 6.07) is 51.5. The van der Waals surface area contributed by atoms with E-state index in [-0.39, 0.29) is 77.2 Å². The van der Waals surface area contributed by atoms with Gasteiger partial charge < -0.3 is 50.4 Å². The molecule has 3 atom stereocenters. The molecule has 38 heteroatoms. The van der Waals surface area contributed by atoms with E-state index < -0.39 is 5.91 Å². The van der Waals surface area contributed by atoms with Crippen molar-refractivity contribution in [3.8, 4) is 23.0 Å². The molecule has 0 saturated heterocycles. The lowest BCUT2D eigenvalue weighted by Crippen LogP contribution is -2.50. The number of guanidine groups is 4. The van der Waals surface area contributed by atoms with Crippen molar-refractivity contribution in [3.05, 3.63) is 256 Å². The minimum atomic E-state index is -0.700. The van der Waals surface area contributed by atoms with E-state index in [9.17, 15) is 39.4 Å². The van der Waals surface area contributed by atoms with Gasteiger partial charge in [-0.2, -0.15) is 9.97 Å². The van der Waals surface area contributed by atoms with E-state index >= 15 is 0 Å². The number of primary amides is 1. The van der Waals surface area contributed by atoms with E-state index in [1.165, 1.54) is 67.5 Å². The number of aromatic hydroxyl groups is 2. The summed E-state index contributed by atoms with van der Waals surface area (Å²) >= 11 is 19.6. The van der Waals surface area contributed by atoms with Gasteiger partial charge in [-0.25, -0.2) is 24.9 Å². The van der Waals surface area contributed by atoms with Gasteiger partial charge in [0.15, 0.2) is 51.9 Å². The number of carbonyl (C=O) groups is 5. The monoisotopic (exact) mass is 2060 g/mol. The van der Waals surface area contributed by atoms with Gasteiger partial charge in [0.1, 0.15) is 29.2 Å². The minimum absolute atomic E-state index is 0.0224. The van der Waals surface area contributed by atoms with Crippen molar-refractivity contribution in [1.82, 2.24) is 57.8 Å². The number of rotatable bonds is 25. The number of nitrogens with two attached hydrogens (primary N) is 1. The predicted octanol–water partition coefficient (Wildman–Crippen LogP) is 15.7. The number of fused-ring (bicyclic) bond motifs is 13. The van der Waals surface area contributed by atoms with Crippen LogP contribution < -0.4 is 45.4 Å². The van der Waals surface area contributed by atoms with Crippen LogP contribution >= 0.6 is 55.1 Å². The number of amides is 5. The molecular formula is C102H110Br2Cl2N24O10. The van der Waals surface area contributed by atoms with Gasteiger partial charge in [0.2, 0.25) is 41.6 Å². The number of phenols is 2. The van der Waals surface area contributed by atoms with Crippen LogP contribution in [-0.2, 0) is 51.9 Å². The first-order valence-corrected chi connectivity index (χ1v) is 50.3. The number of nitrogens with zero attached hydrogens (tertiary/aromatic N) is 21. The summed E-state index contributed by atoms with van der Waals surface area (Å²) in [4.78, 5) is 121. The van der Waals surface area contributed by atoms with Crippen LogP contribution in [0.2, 0.25) is 10.0 Å². The molecule has 0 bridgehead atoms. The van der Waals surface area contributed by atoms with E-state index in [0.29, 0.717) is 163 Å². The Hall–Kier alpha value is -13.6. The third-order valence-corrected chi connectivity index (χ3v) is 28.9. The summed E-state index contributed by atoms with van der Waals surface area (Å²) in [5.74, 6) is 7.13. The summed E-state index contributed by atoms with van der Waals surface area (Å²) in [5, 5.41) is 40.3. The lowest BCUT2D eigenvalue weighted by molar-refractivity contribution is 0.0827. The summed E-state index contributed by atoms with van der Waals surface area (Å²) < 4.78 is 19.9. The van der Waals surface area contributed by atoms with Crippen LogP contribution in [0.3, 0.4) is 0 Å². The Balaban J connectivity index is 0.000000119. The van der Waals surface area contributed by atoms with Gasteiger partial charge in [0, 0.05) is 51.2 Å². The molecule has 34 nitrogen and oxygen atoms in total. The van der Waals surface area contributed by atoms with Gasteiger partial charge in [-0.15, -0.1) is 0 Å². The SMILES string of the molecule is CCN1C(=O)c2c(nc(/C=N/O)n2Cc2ccc(O)c(Cl)c2)N2C[C@@H](Cc3ccccc3)N=C12.CCN1C(=O)c2c(nc(C(N)=O)n2Cc2cc(Cl)c3c(c2)CCO3)N2C[C@@H](Cc3ccccc3)N=C12.CCN1C(=O)c2c(nc(NC3CCCCC3)n2Cc2ccc(O)c(Br)c2)N2C[C@@H](Cc3ccccc3)N=C12.CCN1C(=O)c2c(nc(NC3CCCCC3)n2Cc2ccc(OC)c(Br)c2)N2CCN=C12. The Labute approximate surface area is 837 Å². The number of hydrogen-bond donors (Lipinski definition) is 6. The van der Waals surface area contributed by atoms with E-state index in [4.69, 9.17) is 63.4 Å². The fourth-order valence-electron chi connectivity index (χ4n) is 20.4. The Kier molecular flexibility index (Phi) is 28.2. The lowest BCUT2D eigenvalue weighted by Gasteiger charge is -2.33. The topological polar surface area (TPSA) is 374 Å². The molecule has 9 aliphatic heterocycles. The number of oxime groups is 1. The van der Waals surface area contributed by atoms with Crippen LogP contribution in [-0.4, -0.2) is 236 Å². The second-order valence-electron chi connectivity index (χ2n) is 36.3. The predicted molar refractivity (Wildman–Crippen MR) is 547 cm³/mol. The maximum atomic E-state index is 14.0. The van der Waals surface area contributed by atoms with Crippen LogP contribution in [0.1, 0.15) is 195 Å². The molecule has 0 radical (unpaired) electrons. The number of imidazole rings is 4. The highest BCUT2D eigenvalue weighted by atomic mass is 79.9. The number of hydrogen-bond acceptors (Lipinski definition) is 25. The van der Waals surface area contributed by atoms with Crippen molar-refractivity contribution in [2.75, 3.05) is 103 Å². The molecule has 140 heavy (non-hydrogen) atoms. The molecule has 2 aliphatic carbocycles. The number of anilines is 6. The van der Waals surface area contributed by atoms with E-state index in [2.05, 4.69) is 126 Å². The zero-order valence-corrected chi connectivity index (χ0v) is 83.1. The number of aromatic nitrogens is 8. The molecule has 13 heterocycles. The number of ether oxygens (including phenoxy) is 2. The molecule has 5 amide bonds. The third kappa shape index (κ3) is 19.2. The highest BCUT2D eigenvalue weighted by Crippen LogP contribution is 2.44. The maximum absolute atomic E-state index is 14.0. The average Bonchev–Trinajstić information content (AvgIpc) is 1.87. The quantitative estimate of drug-likeness (QED) is 0.0176. The molecule has 11 aliphatic rings. The highest BCUT2D eigenvalue weighted by Gasteiger charge is 2.49. The first kappa shape index (κ1) is 95.3. The first-order chi connectivity index (χ1) is 68.0. The van der Waals surface area contributed by atoms with Gasteiger partial charge in [-0.05, 0) is 191 Å². The Bertz CT molecular complexity index is 6730. The fraction of sp³-hybridized carbons (Fsp3) is 0.373. The smallest absolute Gasteiger partial charge is 0.284 e. The molecule has 2 fully saturated rings. The number of phenolic OH excluding ortho intramolecular Hbond substituents is 2. The molecular weight excluding hydrogens is 1950 g/mol. The van der Waals surface area contributed by atoms with Crippen molar-refractivity contribution in [2.24, 2.45) is 30.9 Å². The number of carbonyl (C=O) groups excluding carboxylic acids is 5. The molecule has 0 spiro atoms. The molecule has 2 saturated carbocycles. The Morgan fingerprint density at radius 3 is 1.38 bits per heavy atom. The van der Waals surface area contributed by atoms with Crippen LogP contribution in [0.4, 0.5) is 35.2 Å². The number of benzene rings is 7. The van der Waals surface area contributed by atoms with Crippen LogP contribution in [0.15, 0.2) is 192 Å². The van der Waals surface area contributed by atoms with Crippen molar-refractivity contribution in [1.29, 1.82) is 0 Å². The Morgan fingerprint density at radius 2 is 0.914 bits per heavy atom. The standard InChI is InChI=1S/C29H33BrN6O2.C26H25ClN6O3.C24H23ClN6O3.C23H29BrN6O2/c1-2-34-27(38)25-26(36-18-22(32-29(34)36)15-19-9-5-3-6-10-19)33-28(31-21-11-7-4-8-12-21)35(25)17-20-13-14-24(37)23(30)16-20;1-2-31-25(35)20-23(33-14-18(29-26(31)33)11-15-6-4-3-5-7-15)30-24(22(28)34)32(20)13-16-10-17-8-9-36-21(17)19(27)12-16;1-2-29-23(33)21-22(31-14-17(27-24(29)31)10-15-6-4-3-5-7-15)28-20(12-26-34)30(21)13-16-8-9-19(32)18(25)11-16;1-3-28-21(31)19-20(29-12-11-25-23(28)29)27-22(26-16-7-5-4-6-8-16)30(19)14-15-9-10-18(32-2)17(24)13-15/h3,5-6,9-10,13-14,16,21-22,37H,2,4,7-8,11-12,15,17-18H2,1H3,(H,31,33);3-7,10,12,18H,2,8-9,11,13-14H2,1H3,(H2,28,34);3-9,11-12,17,32,34H,2,10,13-14H2,1H3;9-10,13,16H,3-8,11-12,14H2,1-2H3,(H,26,27)/b;;26-12+;/t22-;18-;17-;/m111./s1. The Morgan fingerprint density at radius 1 is 0.493 bits per heavy atom. The second kappa shape index (κ2) is 41.5. The molecule has 7 N–H and O–H groups in total. The number of aliphatic imine (C=N–C) groups is 4. The average molecular weight is 2060 g/mol. The minimum Gasteiger partial charge on any atom is -0.507 e. The van der Waals surface area contributed by atoms with Crippen molar-refractivity contribution in [3.63, 3.8) is 0 Å². The van der Waals surface area contributed by atoms with Crippen molar-refractivity contribution in [2.45, 2.75) is 174 Å². The van der Waals surface area contributed by atoms with Gasteiger partial charge in [-0.3, -0.25) is 77.3 Å². The largest absolute Gasteiger partial charge is 0.507 e. The number of methoxy groups -OCH3 is 1. The molecule has 726 valence electrons. The van der Waals surface area contributed by atoms with Gasteiger partial charge in [0.25, 0.3) is 29.5 Å². The van der Waals surface area contributed by atoms with Crippen molar-refractivity contribution < 1.29 is 48.9 Å².